The molecule has 0 N–H and O–H groups in total. The van der Waals surface area contributed by atoms with Crippen LogP contribution in [0.25, 0.3) is 0 Å². The summed E-state index contributed by atoms with van der Waals surface area (Å²) in [5.74, 6) is -0.357. The molecule has 0 aliphatic carbocycles. The molecule has 0 aromatic heterocycles. The Labute approximate surface area is 102 Å². The van der Waals surface area contributed by atoms with Crippen molar-refractivity contribution in [2.45, 2.75) is 46.3 Å². The SMILES string of the molecule is CC(C)C(=O)OC1CN(C(=O)OC(C)(C)C)C1. The zero-order valence-corrected chi connectivity index (χ0v) is 11.1. The zero-order chi connectivity index (χ0) is 13.2. The predicted octanol–water partition coefficient (Wildman–Crippen LogP) is 1.80. The number of hydrogen-bond donors (Lipinski definition) is 0. The summed E-state index contributed by atoms with van der Waals surface area (Å²) in [5, 5.41) is 0. The largest absolute Gasteiger partial charge is 0.458 e. The molecule has 98 valence electrons. The van der Waals surface area contributed by atoms with E-state index >= 15 is 0 Å². The Morgan fingerprint density at radius 1 is 1.24 bits per heavy atom. The maximum atomic E-state index is 11.6. The first-order valence-corrected chi connectivity index (χ1v) is 5.87. The van der Waals surface area contributed by atoms with Gasteiger partial charge in [0.25, 0.3) is 0 Å². The number of hydrogen-bond acceptors (Lipinski definition) is 4. The van der Waals surface area contributed by atoms with E-state index in [2.05, 4.69) is 0 Å². The van der Waals surface area contributed by atoms with Crippen molar-refractivity contribution in [1.29, 1.82) is 0 Å². The van der Waals surface area contributed by atoms with Crippen LogP contribution >= 0.6 is 0 Å². The van der Waals surface area contributed by atoms with Gasteiger partial charge in [-0.05, 0) is 20.8 Å². The smallest absolute Gasteiger partial charge is 0.410 e. The lowest BCUT2D eigenvalue weighted by molar-refractivity contribution is -0.160. The molecule has 0 atom stereocenters. The number of carbonyl (C=O) groups is 2. The summed E-state index contributed by atoms with van der Waals surface area (Å²) >= 11 is 0. The Kier molecular flexibility index (Phi) is 4.01. The number of amides is 1. The van der Waals surface area contributed by atoms with Gasteiger partial charge in [-0.25, -0.2) is 4.79 Å². The average Bonchev–Trinajstić information content (AvgIpc) is 2.06. The lowest BCUT2D eigenvalue weighted by Crippen LogP contribution is -2.56. The summed E-state index contributed by atoms with van der Waals surface area (Å²) in [4.78, 5) is 24.4. The molecule has 1 aliphatic heterocycles. The average molecular weight is 243 g/mol. The molecule has 0 aromatic carbocycles. The van der Waals surface area contributed by atoms with Crippen LogP contribution in [0.15, 0.2) is 0 Å². The minimum absolute atomic E-state index is 0.134. The highest BCUT2D eigenvalue weighted by atomic mass is 16.6. The van der Waals surface area contributed by atoms with Crippen LogP contribution in [0, 0.1) is 5.92 Å². The molecule has 1 fully saturated rings. The second-order valence-corrected chi connectivity index (χ2v) is 5.60. The molecule has 1 rings (SSSR count). The summed E-state index contributed by atoms with van der Waals surface area (Å²) in [6, 6.07) is 0. The van der Waals surface area contributed by atoms with Crippen LogP contribution in [-0.2, 0) is 14.3 Å². The molecule has 1 aliphatic rings. The number of ether oxygens (including phenoxy) is 2. The highest BCUT2D eigenvalue weighted by molar-refractivity contribution is 5.73. The van der Waals surface area contributed by atoms with Gasteiger partial charge in [0.1, 0.15) is 11.7 Å². The molecule has 0 unspecified atom stereocenters. The Morgan fingerprint density at radius 2 is 1.76 bits per heavy atom. The summed E-state index contributed by atoms with van der Waals surface area (Å²) in [7, 11) is 0. The third kappa shape index (κ3) is 4.24. The van der Waals surface area contributed by atoms with Crippen molar-refractivity contribution >= 4 is 12.1 Å². The van der Waals surface area contributed by atoms with Gasteiger partial charge >= 0.3 is 12.1 Å². The van der Waals surface area contributed by atoms with Gasteiger partial charge in [0.2, 0.25) is 0 Å². The van der Waals surface area contributed by atoms with E-state index in [0.717, 1.165) is 0 Å². The maximum Gasteiger partial charge on any atom is 0.410 e. The molecule has 5 heteroatoms. The van der Waals surface area contributed by atoms with E-state index in [9.17, 15) is 9.59 Å². The van der Waals surface area contributed by atoms with E-state index < -0.39 is 5.60 Å². The Morgan fingerprint density at radius 3 is 2.18 bits per heavy atom. The first-order chi connectivity index (χ1) is 7.69. The minimum atomic E-state index is -0.489. The molecule has 0 aromatic rings. The van der Waals surface area contributed by atoms with E-state index in [-0.39, 0.29) is 24.1 Å². The third-order valence-electron chi connectivity index (χ3n) is 2.25. The van der Waals surface area contributed by atoms with E-state index in [0.29, 0.717) is 13.1 Å². The zero-order valence-electron chi connectivity index (χ0n) is 11.1. The third-order valence-corrected chi connectivity index (χ3v) is 2.25. The predicted molar refractivity (Wildman–Crippen MR) is 62.5 cm³/mol. The van der Waals surface area contributed by atoms with E-state index in [1.165, 1.54) is 4.90 Å². The van der Waals surface area contributed by atoms with E-state index in [4.69, 9.17) is 9.47 Å². The highest BCUT2D eigenvalue weighted by Gasteiger charge is 2.36. The van der Waals surface area contributed by atoms with Crippen molar-refractivity contribution in [2.24, 2.45) is 5.92 Å². The van der Waals surface area contributed by atoms with Gasteiger partial charge in [0.05, 0.1) is 19.0 Å². The van der Waals surface area contributed by atoms with Crippen LogP contribution in [0.3, 0.4) is 0 Å². The normalized spacial score (nSPS) is 16.7. The van der Waals surface area contributed by atoms with Crippen LogP contribution in [-0.4, -0.2) is 41.8 Å². The molecule has 1 saturated heterocycles. The topological polar surface area (TPSA) is 55.8 Å². The van der Waals surface area contributed by atoms with Crippen LogP contribution in [0.2, 0.25) is 0 Å². The molecular weight excluding hydrogens is 222 g/mol. The molecule has 0 saturated carbocycles. The molecule has 5 nitrogen and oxygen atoms in total. The van der Waals surface area contributed by atoms with Gasteiger partial charge in [-0.3, -0.25) is 4.79 Å². The minimum Gasteiger partial charge on any atom is -0.458 e. The first kappa shape index (κ1) is 13.8. The van der Waals surface area contributed by atoms with Gasteiger partial charge in [0, 0.05) is 0 Å². The molecular formula is C12H21NO4. The Bertz CT molecular complexity index is 300. The number of esters is 1. The molecule has 0 bridgehead atoms. The fraction of sp³-hybridized carbons (Fsp3) is 0.833. The van der Waals surface area contributed by atoms with Gasteiger partial charge in [-0.15, -0.1) is 0 Å². The van der Waals surface area contributed by atoms with E-state index in [1.54, 1.807) is 13.8 Å². The standard InChI is InChI=1S/C12H21NO4/c1-8(2)10(14)16-9-6-13(7-9)11(15)17-12(3,4)5/h8-9H,6-7H2,1-5H3. The summed E-state index contributed by atoms with van der Waals surface area (Å²) in [6.07, 6.45) is -0.535. The van der Waals surface area contributed by atoms with Crippen LogP contribution in [0.4, 0.5) is 4.79 Å². The number of rotatable bonds is 2. The van der Waals surface area contributed by atoms with Gasteiger partial charge in [0.15, 0.2) is 0 Å². The maximum absolute atomic E-state index is 11.6. The monoisotopic (exact) mass is 243 g/mol. The lowest BCUT2D eigenvalue weighted by Gasteiger charge is -2.39. The summed E-state index contributed by atoms with van der Waals surface area (Å²) in [6.45, 7) is 9.88. The summed E-state index contributed by atoms with van der Waals surface area (Å²) < 4.78 is 10.4. The molecule has 1 heterocycles. The summed E-state index contributed by atoms with van der Waals surface area (Å²) in [5.41, 5.74) is -0.489. The van der Waals surface area contributed by atoms with Crippen molar-refractivity contribution in [1.82, 2.24) is 4.90 Å². The molecule has 1 amide bonds. The van der Waals surface area contributed by atoms with Crippen molar-refractivity contribution in [3.63, 3.8) is 0 Å². The number of nitrogens with zero attached hydrogens (tertiary/aromatic N) is 1. The van der Waals surface area contributed by atoms with E-state index in [1.807, 2.05) is 20.8 Å². The van der Waals surface area contributed by atoms with Gasteiger partial charge < -0.3 is 14.4 Å². The number of likely N-dealkylation sites (tertiary alicyclic amines) is 1. The highest BCUT2D eigenvalue weighted by Crippen LogP contribution is 2.17. The Balaban J connectivity index is 2.28. The molecule has 0 radical (unpaired) electrons. The quantitative estimate of drug-likeness (QED) is 0.694. The van der Waals surface area contributed by atoms with Crippen molar-refractivity contribution in [3.05, 3.63) is 0 Å². The van der Waals surface area contributed by atoms with Crippen LogP contribution < -0.4 is 0 Å². The van der Waals surface area contributed by atoms with Gasteiger partial charge in [-0.1, -0.05) is 13.8 Å². The fourth-order valence-electron chi connectivity index (χ4n) is 1.29. The van der Waals surface area contributed by atoms with Crippen molar-refractivity contribution < 1.29 is 19.1 Å². The second kappa shape index (κ2) is 4.94. The van der Waals surface area contributed by atoms with Crippen LogP contribution in [0.1, 0.15) is 34.6 Å². The van der Waals surface area contributed by atoms with Crippen molar-refractivity contribution in [2.75, 3.05) is 13.1 Å². The molecule has 17 heavy (non-hydrogen) atoms. The van der Waals surface area contributed by atoms with Crippen molar-refractivity contribution in [3.8, 4) is 0 Å². The fourth-order valence-corrected chi connectivity index (χ4v) is 1.29. The Hall–Kier alpha value is -1.26. The van der Waals surface area contributed by atoms with Gasteiger partial charge in [-0.2, -0.15) is 0 Å². The first-order valence-electron chi connectivity index (χ1n) is 5.87. The number of carbonyl (C=O) groups excluding carboxylic acids is 2. The lowest BCUT2D eigenvalue weighted by atomic mass is 10.1. The molecule has 0 spiro atoms. The van der Waals surface area contributed by atoms with Crippen LogP contribution in [0.5, 0.6) is 0 Å². The second-order valence-electron chi connectivity index (χ2n) is 5.60.